The van der Waals surface area contributed by atoms with Crippen LogP contribution in [0.4, 0.5) is 0 Å². The molecule has 0 bridgehead atoms. The van der Waals surface area contributed by atoms with Gasteiger partial charge in [0.25, 0.3) is 0 Å². The lowest BCUT2D eigenvalue weighted by molar-refractivity contribution is -0.660. The quantitative estimate of drug-likeness (QED) is 0.230. The number of fused-ring (bicyclic) bond motifs is 10. The summed E-state index contributed by atoms with van der Waals surface area (Å²) in [7, 11) is 2.09. The van der Waals surface area contributed by atoms with Crippen molar-refractivity contribution in [3.8, 4) is 56.0 Å². The van der Waals surface area contributed by atoms with E-state index in [1.807, 2.05) is 0 Å². The minimum atomic E-state index is 0.933. The Labute approximate surface area is 204 Å². The number of benzene rings is 4. The summed E-state index contributed by atoms with van der Waals surface area (Å²) in [4.78, 5) is 0. The summed E-state index contributed by atoms with van der Waals surface area (Å²) < 4.78 is 9.10. The average Bonchev–Trinajstić information content (AvgIpc) is 3.27. The second-order valence-electron chi connectivity index (χ2n) is 9.27. The molecule has 2 heteroatoms. The summed E-state index contributed by atoms with van der Waals surface area (Å²) >= 11 is 0. The smallest absolute Gasteiger partial charge is 0.216 e. The maximum Gasteiger partial charge on any atom is 0.216 e. The number of aromatic nitrogens is 1. The number of rotatable bonds is 1. The molecule has 0 unspecified atom stereocenters. The topological polar surface area (TPSA) is 17.0 Å². The molecule has 7 rings (SSSR count). The van der Waals surface area contributed by atoms with Gasteiger partial charge in [-0.3, -0.25) is 0 Å². The van der Waals surface area contributed by atoms with Crippen molar-refractivity contribution >= 4 is 11.0 Å². The molecule has 6 aromatic rings. The Kier molecular flexibility index (Phi) is 4.31. The van der Waals surface area contributed by atoms with Gasteiger partial charge in [0.15, 0.2) is 6.20 Å². The van der Waals surface area contributed by atoms with E-state index >= 15 is 0 Å². The predicted molar refractivity (Wildman–Crippen MR) is 143 cm³/mol. The van der Waals surface area contributed by atoms with Crippen LogP contribution < -0.4 is 4.57 Å². The molecule has 0 atom stereocenters. The van der Waals surface area contributed by atoms with Crippen LogP contribution in [0.15, 0.2) is 114 Å². The molecule has 0 aliphatic heterocycles. The normalized spacial score (nSPS) is 11.7. The third-order valence-corrected chi connectivity index (χ3v) is 7.25. The molecule has 0 amide bonds. The number of furan rings is 1. The zero-order valence-corrected chi connectivity index (χ0v) is 19.7. The molecule has 2 aromatic heterocycles. The first-order valence-electron chi connectivity index (χ1n) is 12.0. The SMILES string of the molecule is Cc1ccc2c3c(oc2c1-c1cccc[n+]1C)-c1ccccc1-c1ccccc1-c1ccccc1-3. The summed E-state index contributed by atoms with van der Waals surface area (Å²) in [6.07, 6.45) is 2.09. The van der Waals surface area contributed by atoms with E-state index < -0.39 is 0 Å². The van der Waals surface area contributed by atoms with E-state index in [1.165, 1.54) is 33.4 Å². The summed E-state index contributed by atoms with van der Waals surface area (Å²) in [5.74, 6) is 0.933. The summed E-state index contributed by atoms with van der Waals surface area (Å²) in [6, 6.07) is 36.8. The molecule has 0 radical (unpaired) electrons. The molecule has 0 saturated carbocycles. The number of nitrogens with zero attached hydrogens (tertiary/aromatic N) is 1. The second-order valence-corrected chi connectivity index (χ2v) is 9.27. The van der Waals surface area contributed by atoms with Gasteiger partial charge in [0.2, 0.25) is 5.69 Å². The Bertz CT molecular complexity index is 1770. The van der Waals surface area contributed by atoms with Crippen LogP contribution in [0.1, 0.15) is 5.56 Å². The highest BCUT2D eigenvalue weighted by atomic mass is 16.3. The fourth-order valence-electron chi connectivity index (χ4n) is 5.62. The molecule has 166 valence electrons. The molecular formula is C33H24NO+. The largest absolute Gasteiger partial charge is 0.454 e. The van der Waals surface area contributed by atoms with Gasteiger partial charge < -0.3 is 4.42 Å². The summed E-state index contributed by atoms with van der Waals surface area (Å²) in [6.45, 7) is 2.17. The van der Waals surface area contributed by atoms with Crippen molar-refractivity contribution in [1.29, 1.82) is 0 Å². The van der Waals surface area contributed by atoms with Crippen LogP contribution in [-0.4, -0.2) is 0 Å². The van der Waals surface area contributed by atoms with E-state index in [2.05, 4.69) is 128 Å². The van der Waals surface area contributed by atoms with Crippen molar-refractivity contribution in [1.82, 2.24) is 0 Å². The van der Waals surface area contributed by atoms with Gasteiger partial charge in [0.1, 0.15) is 18.4 Å². The van der Waals surface area contributed by atoms with Gasteiger partial charge in [0.05, 0.1) is 5.56 Å². The standard InChI is InChI=1S/C33H24NO/c1-21-18-19-28-31-26-15-7-5-13-24(26)22-11-3-4-12-23(22)25-14-6-8-16-27(25)32(31)35-33(28)30(21)29-17-9-10-20-34(29)2/h3-20H,1-2H3/q+1. The molecule has 0 spiro atoms. The number of pyridine rings is 1. The highest BCUT2D eigenvalue weighted by Gasteiger charge is 2.29. The van der Waals surface area contributed by atoms with Crippen LogP contribution in [0.25, 0.3) is 66.9 Å². The van der Waals surface area contributed by atoms with Crippen molar-refractivity contribution < 1.29 is 8.98 Å². The lowest BCUT2D eigenvalue weighted by atomic mass is 9.83. The second kappa shape index (κ2) is 7.54. The lowest BCUT2D eigenvalue weighted by Gasteiger charge is -2.20. The first-order chi connectivity index (χ1) is 17.2. The van der Waals surface area contributed by atoms with Crippen molar-refractivity contribution in [2.24, 2.45) is 7.05 Å². The molecule has 2 nitrogen and oxygen atoms in total. The predicted octanol–water partition coefficient (Wildman–Crippen LogP) is 8.21. The highest BCUT2D eigenvalue weighted by molar-refractivity contribution is 6.12. The van der Waals surface area contributed by atoms with Gasteiger partial charge in [-0.2, -0.15) is 0 Å². The van der Waals surface area contributed by atoms with Crippen LogP contribution in [-0.2, 0) is 7.05 Å². The molecule has 0 N–H and O–H groups in total. The molecule has 4 aromatic carbocycles. The Hall–Kier alpha value is -4.43. The number of hydrogen-bond donors (Lipinski definition) is 0. The Balaban J connectivity index is 1.69. The lowest BCUT2D eigenvalue weighted by Crippen LogP contribution is -2.30. The van der Waals surface area contributed by atoms with E-state index in [-0.39, 0.29) is 0 Å². The molecule has 1 aliphatic carbocycles. The van der Waals surface area contributed by atoms with Crippen LogP contribution in [0.5, 0.6) is 0 Å². The van der Waals surface area contributed by atoms with Crippen molar-refractivity contribution in [3.63, 3.8) is 0 Å². The third kappa shape index (κ3) is 2.87. The molecule has 1 aliphatic rings. The average molecular weight is 451 g/mol. The van der Waals surface area contributed by atoms with Gasteiger partial charge in [-0.05, 0) is 46.4 Å². The third-order valence-electron chi connectivity index (χ3n) is 7.25. The van der Waals surface area contributed by atoms with Crippen LogP contribution in [0, 0.1) is 6.92 Å². The monoisotopic (exact) mass is 450 g/mol. The highest BCUT2D eigenvalue weighted by Crippen LogP contribution is 2.52. The maximum absolute atomic E-state index is 6.93. The van der Waals surface area contributed by atoms with E-state index in [4.69, 9.17) is 4.42 Å². The van der Waals surface area contributed by atoms with Gasteiger partial charge in [-0.1, -0.05) is 84.9 Å². The minimum Gasteiger partial charge on any atom is -0.454 e. The van der Waals surface area contributed by atoms with Crippen molar-refractivity contribution in [2.75, 3.05) is 0 Å². The van der Waals surface area contributed by atoms with E-state index in [9.17, 15) is 0 Å². The van der Waals surface area contributed by atoms with Gasteiger partial charge >= 0.3 is 0 Å². The molecule has 0 saturated heterocycles. The zero-order chi connectivity index (χ0) is 23.5. The van der Waals surface area contributed by atoms with E-state index in [0.717, 1.165) is 39.1 Å². The van der Waals surface area contributed by atoms with Crippen LogP contribution >= 0.6 is 0 Å². The Morgan fingerprint density at radius 2 is 1.09 bits per heavy atom. The number of aryl methyl sites for hydroxylation is 2. The molecule has 35 heavy (non-hydrogen) atoms. The zero-order valence-electron chi connectivity index (χ0n) is 19.7. The van der Waals surface area contributed by atoms with E-state index in [0.29, 0.717) is 0 Å². The fourth-order valence-corrected chi connectivity index (χ4v) is 5.62. The Morgan fingerprint density at radius 3 is 1.74 bits per heavy atom. The molecule has 2 heterocycles. The number of hydrogen-bond acceptors (Lipinski definition) is 1. The van der Waals surface area contributed by atoms with E-state index in [1.54, 1.807) is 0 Å². The first kappa shape index (κ1) is 20.0. The van der Waals surface area contributed by atoms with Crippen LogP contribution in [0.2, 0.25) is 0 Å². The molecule has 0 fully saturated rings. The van der Waals surface area contributed by atoms with Crippen molar-refractivity contribution in [2.45, 2.75) is 6.92 Å². The Morgan fingerprint density at radius 1 is 0.543 bits per heavy atom. The maximum atomic E-state index is 6.93. The van der Waals surface area contributed by atoms with Gasteiger partial charge in [0, 0.05) is 28.6 Å². The van der Waals surface area contributed by atoms with Crippen molar-refractivity contribution in [3.05, 3.63) is 115 Å². The van der Waals surface area contributed by atoms with Crippen LogP contribution in [0.3, 0.4) is 0 Å². The minimum absolute atomic E-state index is 0.933. The summed E-state index contributed by atoms with van der Waals surface area (Å²) in [5.41, 5.74) is 12.8. The summed E-state index contributed by atoms with van der Waals surface area (Å²) in [5, 5.41) is 1.14. The van der Waals surface area contributed by atoms with Gasteiger partial charge in [-0.25, -0.2) is 4.57 Å². The fraction of sp³-hybridized carbons (Fsp3) is 0.0606. The van der Waals surface area contributed by atoms with Gasteiger partial charge in [-0.15, -0.1) is 0 Å². The molecular weight excluding hydrogens is 426 g/mol. The first-order valence-corrected chi connectivity index (χ1v) is 12.0.